The number of nitrogens with zero attached hydrogens (tertiary/aromatic N) is 1. The average Bonchev–Trinajstić information content (AvgIpc) is 2.65. The smallest absolute Gasteiger partial charge is 0.264 e. The van der Waals surface area contributed by atoms with Gasteiger partial charge in [-0.2, -0.15) is 0 Å². The number of pyridine rings is 1. The van der Waals surface area contributed by atoms with Crippen LogP contribution in [0.15, 0.2) is 47.5 Å². The van der Waals surface area contributed by atoms with Crippen LogP contribution in [0.3, 0.4) is 0 Å². The molecule has 0 fully saturated rings. The van der Waals surface area contributed by atoms with Crippen molar-refractivity contribution in [2.45, 2.75) is 29.4 Å². The molecule has 0 spiro atoms. The molecular weight excluding hydrogens is 372 g/mol. The Hall–Kier alpha value is -1.90. The van der Waals surface area contributed by atoms with Gasteiger partial charge in [0.15, 0.2) is 9.84 Å². The number of carbonyl (C=O) groups is 1. The Kier molecular flexibility index (Phi) is 6.44. The van der Waals surface area contributed by atoms with Crippen molar-refractivity contribution < 1.29 is 18.4 Å². The predicted molar refractivity (Wildman–Crippen MR) is 103 cm³/mol. The van der Waals surface area contributed by atoms with Gasteiger partial charge in [-0.3, -0.25) is 15.0 Å². The zero-order chi connectivity index (χ0) is 19.4. The highest BCUT2D eigenvalue weighted by molar-refractivity contribution is 7.98. The summed E-state index contributed by atoms with van der Waals surface area (Å²) in [5, 5.41) is 8.85. The number of hydrogen-bond donors (Lipinski definition) is 2. The number of thioether (sulfide) groups is 1. The van der Waals surface area contributed by atoms with Crippen molar-refractivity contribution in [2.24, 2.45) is 0 Å². The van der Waals surface area contributed by atoms with E-state index >= 15 is 0 Å². The summed E-state index contributed by atoms with van der Waals surface area (Å²) >= 11 is 1.67. The van der Waals surface area contributed by atoms with E-state index in [0.29, 0.717) is 6.42 Å². The Bertz CT molecular complexity index is 865. The van der Waals surface area contributed by atoms with E-state index in [-0.39, 0.29) is 6.42 Å². The lowest BCUT2D eigenvalue weighted by Gasteiger charge is -2.24. The van der Waals surface area contributed by atoms with Crippen molar-refractivity contribution in [2.75, 3.05) is 12.5 Å². The lowest BCUT2D eigenvalue weighted by molar-refractivity contribution is -0.131. The second-order valence-electron chi connectivity index (χ2n) is 6.22. The van der Waals surface area contributed by atoms with Gasteiger partial charge in [0.2, 0.25) is 0 Å². The Balaban J connectivity index is 2.14. The van der Waals surface area contributed by atoms with E-state index in [1.54, 1.807) is 18.0 Å². The van der Waals surface area contributed by atoms with E-state index in [1.807, 2.05) is 42.7 Å². The minimum absolute atomic E-state index is 0.0433. The van der Waals surface area contributed by atoms with Crippen LogP contribution in [0.2, 0.25) is 0 Å². The lowest BCUT2D eigenvalue weighted by atomic mass is 10.00. The topological polar surface area (TPSA) is 96.4 Å². The summed E-state index contributed by atoms with van der Waals surface area (Å²) in [4.78, 5) is 17.4. The molecule has 2 N–H and O–H groups in total. The van der Waals surface area contributed by atoms with Crippen LogP contribution >= 0.6 is 11.8 Å². The molecule has 0 aliphatic rings. The van der Waals surface area contributed by atoms with Crippen LogP contribution in [0.25, 0.3) is 11.3 Å². The predicted octanol–water partition coefficient (Wildman–Crippen LogP) is 2.71. The van der Waals surface area contributed by atoms with Crippen molar-refractivity contribution >= 4 is 27.5 Å². The molecule has 0 bridgehead atoms. The summed E-state index contributed by atoms with van der Waals surface area (Å²) in [6, 6.07) is 11.8. The van der Waals surface area contributed by atoms with Gasteiger partial charge in [0, 0.05) is 22.9 Å². The van der Waals surface area contributed by atoms with Crippen LogP contribution in [0.5, 0.6) is 0 Å². The Morgan fingerprint density at radius 1 is 1.23 bits per heavy atom. The lowest BCUT2D eigenvalue weighted by Crippen LogP contribution is -2.49. The van der Waals surface area contributed by atoms with E-state index in [9.17, 15) is 13.2 Å². The number of benzene rings is 1. The maximum Gasteiger partial charge on any atom is 0.264 e. The molecule has 1 heterocycles. The first-order valence-corrected chi connectivity index (χ1v) is 11.1. The number of rotatable bonds is 7. The third-order valence-corrected chi connectivity index (χ3v) is 7.27. The molecule has 2 rings (SSSR count). The van der Waals surface area contributed by atoms with E-state index in [2.05, 4.69) is 4.98 Å². The van der Waals surface area contributed by atoms with Gasteiger partial charge in [0.05, 0.1) is 5.69 Å². The first kappa shape index (κ1) is 20.4. The zero-order valence-corrected chi connectivity index (χ0v) is 16.5. The van der Waals surface area contributed by atoms with E-state index in [0.717, 1.165) is 23.1 Å². The third-order valence-electron chi connectivity index (χ3n) is 4.50. The summed E-state index contributed by atoms with van der Waals surface area (Å²) in [6.07, 6.45) is 5.07. The Labute approximate surface area is 157 Å². The van der Waals surface area contributed by atoms with Gasteiger partial charge < -0.3 is 0 Å². The fourth-order valence-corrected chi connectivity index (χ4v) is 3.74. The summed E-state index contributed by atoms with van der Waals surface area (Å²) in [5.74, 6) is -0.932. The molecule has 1 aromatic carbocycles. The summed E-state index contributed by atoms with van der Waals surface area (Å²) in [7, 11) is -3.70. The van der Waals surface area contributed by atoms with E-state index < -0.39 is 20.5 Å². The number of carbonyl (C=O) groups excluding carboxylic acids is 1. The molecular formula is C18H22N2O4S2. The first-order valence-electron chi connectivity index (χ1n) is 7.95. The molecule has 1 amide bonds. The molecule has 1 aromatic heterocycles. The van der Waals surface area contributed by atoms with Crippen LogP contribution in [0.4, 0.5) is 0 Å². The van der Waals surface area contributed by atoms with Crippen LogP contribution in [0.1, 0.15) is 18.9 Å². The summed E-state index contributed by atoms with van der Waals surface area (Å²) < 4.78 is 22.3. The molecule has 26 heavy (non-hydrogen) atoms. The third kappa shape index (κ3) is 4.44. The maximum absolute atomic E-state index is 12.0. The zero-order valence-electron chi connectivity index (χ0n) is 14.9. The second kappa shape index (κ2) is 8.20. The number of nitrogens with one attached hydrogen (secondary N) is 1. The van der Waals surface area contributed by atoms with Gasteiger partial charge in [0.1, 0.15) is 4.75 Å². The largest absolute Gasteiger partial charge is 0.289 e. The minimum Gasteiger partial charge on any atom is -0.289 e. The van der Waals surface area contributed by atoms with E-state index in [4.69, 9.17) is 5.21 Å². The van der Waals surface area contributed by atoms with Gasteiger partial charge in [-0.05, 0) is 49.8 Å². The molecule has 140 valence electrons. The molecule has 2 aromatic rings. The maximum atomic E-state index is 12.0. The normalized spacial score (nSPS) is 13.8. The van der Waals surface area contributed by atoms with Crippen molar-refractivity contribution in [3.8, 4) is 11.3 Å². The monoisotopic (exact) mass is 394 g/mol. The summed E-state index contributed by atoms with van der Waals surface area (Å²) in [5.41, 5.74) is 4.08. The molecule has 0 saturated carbocycles. The molecule has 1 atom stereocenters. The van der Waals surface area contributed by atoms with Gasteiger partial charge in [0.25, 0.3) is 5.91 Å². The van der Waals surface area contributed by atoms with Gasteiger partial charge in [-0.1, -0.05) is 18.2 Å². The quantitative estimate of drug-likeness (QED) is 0.426. The van der Waals surface area contributed by atoms with Crippen molar-refractivity contribution in [3.63, 3.8) is 0 Å². The molecule has 0 aliphatic carbocycles. The van der Waals surface area contributed by atoms with Crippen LogP contribution in [-0.2, 0) is 21.1 Å². The number of sulfone groups is 1. The Morgan fingerprint density at radius 3 is 2.35 bits per heavy atom. The van der Waals surface area contributed by atoms with Crippen LogP contribution in [-0.4, -0.2) is 41.8 Å². The van der Waals surface area contributed by atoms with Gasteiger partial charge in [-0.15, -0.1) is 11.8 Å². The van der Waals surface area contributed by atoms with Crippen molar-refractivity contribution in [1.29, 1.82) is 0 Å². The van der Waals surface area contributed by atoms with E-state index in [1.165, 1.54) is 17.3 Å². The van der Waals surface area contributed by atoms with Crippen molar-refractivity contribution in [1.82, 2.24) is 10.5 Å². The highest BCUT2D eigenvalue weighted by Gasteiger charge is 2.43. The molecule has 1 unspecified atom stereocenters. The standard InChI is InChI=1S/C18H22N2O4S2/c1-18(17(21)20-22,26(3,23)24)11-10-13-4-9-16(19-12-13)14-5-7-15(25-2)8-6-14/h4-9,12,22H,10-11H2,1-3H3,(H,20,21). The highest BCUT2D eigenvalue weighted by Crippen LogP contribution is 2.25. The van der Waals surface area contributed by atoms with Crippen LogP contribution < -0.4 is 5.48 Å². The number of hydrogen-bond acceptors (Lipinski definition) is 6. The van der Waals surface area contributed by atoms with Gasteiger partial charge in [-0.25, -0.2) is 13.9 Å². The number of amides is 1. The summed E-state index contributed by atoms with van der Waals surface area (Å²) in [6.45, 7) is 1.31. The number of hydroxylamine groups is 1. The molecule has 0 aliphatic heterocycles. The fourth-order valence-electron chi connectivity index (χ4n) is 2.47. The second-order valence-corrected chi connectivity index (χ2v) is 9.55. The average molecular weight is 395 g/mol. The molecule has 6 nitrogen and oxygen atoms in total. The number of aromatic nitrogens is 1. The molecule has 0 radical (unpaired) electrons. The van der Waals surface area contributed by atoms with Gasteiger partial charge >= 0.3 is 0 Å². The van der Waals surface area contributed by atoms with Crippen molar-refractivity contribution in [3.05, 3.63) is 48.2 Å². The number of aryl methyl sites for hydroxylation is 1. The Morgan fingerprint density at radius 2 is 1.88 bits per heavy atom. The van der Waals surface area contributed by atoms with Crippen LogP contribution in [0, 0.1) is 0 Å². The molecule has 0 saturated heterocycles. The fraction of sp³-hybridized carbons (Fsp3) is 0.333. The highest BCUT2D eigenvalue weighted by atomic mass is 32.2. The SMILES string of the molecule is CSc1ccc(-c2ccc(CCC(C)(C(=O)NO)S(C)(=O)=O)cn2)cc1. The first-order chi connectivity index (χ1) is 12.2. The molecule has 8 heteroatoms. The minimum atomic E-state index is -3.70.